The van der Waals surface area contributed by atoms with E-state index in [4.69, 9.17) is 16.6 Å². The smallest absolute Gasteiger partial charge is 0.224 e. The van der Waals surface area contributed by atoms with Gasteiger partial charge in [-0.3, -0.25) is 9.69 Å². The molecule has 1 N–H and O–H groups in total. The van der Waals surface area contributed by atoms with Gasteiger partial charge in [-0.2, -0.15) is 0 Å². The Bertz CT molecular complexity index is 1050. The van der Waals surface area contributed by atoms with Gasteiger partial charge in [0.25, 0.3) is 0 Å². The van der Waals surface area contributed by atoms with Gasteiger partial charge in [-0.25, -0.2) is 4.98 Å². The van der Waals surface area contributed by atoms with Crippen molar-refractivity contribution in [1.29, 1.82) is 0 Å². The number of likely N-dealkylation sites (tertiary alicyclic amines) is 1. The molecular formula is C23H25ClN4O. The van der Waals surface area contributed by atoms with Crippen LogP contribution in [0.1, 0.15) is 42.3 Å². The summed E-state index contributed by atoms with van der Waals surface area (Å²) in [5.41, 5.74) is 4.58. The molecule has 2 aliphatic rings. The number of nitrogens with zero attached hydrogens (tertiary/aromatic N) is 3. The maximum atomic E-state index is 12.8. The Kier molecular flexibility index (Phi) is 5.02. The van der Waals surface area contributed by atoms with Crippen LogP contribution in [-0.2, 0) is 17.8 Å². The maximum absolute atomic E-state index is 12.8. The van der Waals surface area contributed by atoms with Crippen molar-refractivity contribution >= 4 is 28.5 Å². The number of halogens is 1. The van der Waals surface area contributed by atoms with Crippen molar-refractivity contribution in [3.8, 4) is 0 Å². The summed E-state index contributed by atoms with van der Waals surface area (Å²) in [6.07, 6.45) is 3.72. The van der Waals surface area contributed by atoms with E-state index in [1.54, 1.807) is 0 Å². The Morgan fingerprint density at radius 1 is 1.17 bits per heavy atom. The Morgan fingerprint density at radius 3 is 2.93 bits per heavy atom. The largest absolute Gasteiger partial charge is 0.341 e. The molecule has 1 atom stereocenters. The van der Waals surface area contributed by atoms with Crippen LogP contribution in [0.3, 0.4) is 0 Å². The average Bonchev–Trinajstić information content (AvgIpc) is 3.37. The summed E-state index contributed by atoms with van der Waals surface area (Å²) in [6, 6.07) is 14.4. The number of carbonyl (C=O) groups excluding carboxylic acids is 1. The van der Waals surface area contributed by atoms with E-state index in [1.165, 1.54) is 11.1 Å². The van der Waals surface area contributed by atoms with E-state index in [1.807, 2.05) is 23.1 Å². The van der Waals surface area contributed by atoms with Crippen molar-refractivity contribution < 1.29 is 4.79 Å². The number of rotatable bonds is 4. The van der Waals surface area contributed by atoms with Crippen LogP contribution in [0, 0.1) is 0 Å². The zero-order valence-corrected chi connectivity index (χ0v) is 17.2. The van der Waals surface area contributed by atoms with Gasteiger partial charge in [0.1, 0.15) is 5.82 Å². The highest BCUT2D eigenvalue weighted by atomic mass is 35.5. The molecular weight excluding hydrogens is 384 g/mol. The average molecular weight is 409 g/mol. The van der Waals surface area contributed by atoms with Crippen molar-refractivity contribution in [2.75, 3.05) is 19.6 Å². The summed E-state index contributed by atoms with van der Waals surface area (Å²) in [5, 5.41) is 0.713. The number of aromatic nitrogens is 2. The normalized spacial score (nSPS) is 19.6. The van der Waals surface area contributed by atoms with Gasteiger partial charge in [0.05, 0.1) is 17.1 Å². The molecule has 3 heterocycles. The van der Waals surface area contributed by atoms with Crippen LogP contribution in [0.5, 0.6) is 0 Å². The second-order valence-electron chi connectivity index (χ2n) is 8.06. The highest BCUT2D eigenvalue weighted by Gasteiger charge is 2.29. The fourth-order valence-corrected chi connectivity index (χ4v) is 4.84. The van der Waals surface area contributed by atoms with Gasteiger partial charge >= 0.3 is 0 Å². The van der Waals surface area contributed by atoms with Crippen molar-refractivity contribution in [3.63, 3.8) is 0 Å². The Labute approximate surface area is 175 Å². The monoisotopic (exact) mass is 408 g/mol. The van der Waals surface area contributed by atoms with Crippen molar-refractivity contribution in [1.82, 2.24) is 19.8 Å². The quantitative estimate of drug-likeness (QED) is 0.699. The number of hydrogen-bond acceptors (Lipinski definition) is 3. The molecule has 0 radical (unpaired) electrons. The summed E-state index contributed by atoms with van der Waals surface area (Å²) in [7, 11) is 0. The molecule has 0 saturated carbocycles. The van der Waals surface area contributed by atoms with E-state index in [2.05, 4.69) is 34.1 Å². The minimum atomic E-state index is 0.246. The van der Waals surface area contributed by atoms with Crippen molar-refractivity contribution in [3.05, 3.63) is 64.4 Å². The standard InChI is InChI=1S/C23H25ClN4O/c24-18-7-8-19-20(14-18)26-23(25-19)21-6-3-11-27(21)13-10-22(29)28-12-9-16-4-1-2-5-17(16)15-28/h1-2,4-5,7-8,14,21H,3,6,9-13,15H2,(H,25,26)/t21-/m1/s1. The lowest BCUT2D eigenvalue weighted by Gasteiger charge is -2.30. The van der Waals surface area contributed by atoms with Crippen LogP contribution in [0.2, 0.25) is 5.02 Å². The zero-order chi connectivity index (χ0) is 19.8. The van der Waals surface area contributed by atoms with Gasteiger partial charge in [-0.15, -0.1) is 0 Å². The van der Waals surface area contributed by atoms with Gasteiger partial charge < -0.3 is 9.88 Å². The predicted octanol–water partition coefficient (Wildman–Crippen LogP) is 4.33. The molecule has 150 valence electrons. The maximum Gasteiger partial charge on any atom is 0.224 e. The number of amides is 1. The topological polar surface area (TPSA) is 52.2 Å². The molecule has 29 heavy (non-hydrogen) atoms. The third kappa shape index (κ3) is 3.77. The first kappa shape index (κ1) is 18.6. The lowest BCUT2D eigenvalue weighted by Crippen LogP contribution is -2.38. The molecule has 1 amide bonds. The molecule has 2 aliphatic heterocycles. The fraction of sp³-hybridized carbons (Fsp3) is 0.391. The van der Waals surface area contributed by atoms with Crippen LogP contribution >= 0.6 is 11.6 Å². The molecule has 5 rings (SSSR count). The first-order valence-corrected chi connectivity index (χ1v) is 10.8. The van der Waals surface area contributed by atoms with Crippen molar-refractivity contribution in [2.45, 2.75) is 38.3 Å². The molecule has 1 aromatic heterocycles. The van der Waals surface area contributed by atoms with Gasteiger partial charge in [-0.05, 0) is 55.1 Å². The number of aromatic amines is 1. The number of benzene rings is 2. The number of H-pyrrole nitrogens is 1. The van der Waals surface area contributed by atoms with Gasteiger partial charge in [0.15, 0.2) is 0 Å². The first-order chi connectivity index (χ1) is 14.2. The summed E-state index contributed by atoms with van der Waals surface area (Å²) < 4.78 is 0. The number of carbonyl (C=O) groups is 1. The fourth-order valence-electron chi connectivity index (χ4n) is 4.67. The Morgan fingerprint density at radius 2 is 2.03 bits per heavy atom. The van der Waals surface area contributed by atoms with E-state index >= 15 is 0 Å². The molecule has 0 unspecified atom stereocenters. The molecule has 1 fully saturated rings. The number of nitrogens with one attached hydrogen (secondary N) is 1. The van der Waals surface area contributed by atoms with Gasteiger partial charge in [0.2, 0.25) is 5.91 Å². The van der Waals surface area contributed by atoms with Crippen LogP contribution in [0.4, 0.5) is 0 Å². The van der Waals surface area contributed by atoms with E-state index in [-0.39, 0.29) is 11.9 Å². The summed E-state index contributed by atoms with van der Waals surface area (Å²) in [6.45, 7) is 3.35. The van der Waals surface area contributed by atoms with E-state index in [0.29, 0.717) is 11.4 Å². The number of hydrogen-bond donors (Lipinski definition) is 1. The molecule has 2 aromatic carbocycles. The molecule has 1 saturated heterocycles. The number of imidazole rings is 1. The minimum absolute atomic E-state index is 0.246. The molecule has 0 aliphatic carbocycles. The van der Waals surface area contributed by atoms with Gasteiger partial charge in [-0.1, -0.05) is 35.9 Å². The van der Waals surface area contributed by atoms with Crippen LogP contribution in [-0.4, -0.2) is 45.3 Å². The van der Waals surface area contributed by atoms with E-state index in [0.717, 1.165) is 62.3 Å². The van der Waals surface area contributed by atoms with E-state index in [9.17, 15) is 4.79 Å². The highest BCUT2D eigenvalue weighted by Crippen LogP contribution is 2.32. The SMILES string of the molecule is O=C(CCN1CCC[C@@H]1c1nc2ccc(Cl)cc2[nH]1)N1CCc2ccccc2C1. The first-order valence-electron chi connectivity index (χ1n) is 10.4. The number of fused-ring (bicyclic) bond motifs is 2. The second kappa shape index (κ2) is 7.81. The Balaban J connectivity index is 1.23. The third-order valence-corrected chi connectivity index (χ3v) is 6.47. The molecule has 6 heteroatoms. The lowest BCUT2D eigenvalue weighted by atomic mass is 10.00. The minimum Gasteiger partial charge on any atom is -0.341 e. The summed E-state index contributed by atoms with van der Waals surface area (Å²) >= 11 is 6.11. The molecule has 3 aromatic rings. The molecule has 0 bridgehead atoms. The second-order valence-corrected chi connectivity index (χ2v) is 8.50. The van der Waals surface area contributed by atoms with Gasteiger partial charge in [0, 0.05) is 31.1 Å². The lowest BCUT2D eigenvalue weighted by molar-refractivity contribution is -0.132. The summed E-state index contributed by atoms with van der Waals surface area (Å²) in [5.74, 6) is 1.24. The highest BCUT2D eigenvalue weighted by molar-refractivity contribution is 6.31. The predicted molar refractivity (Wildman–Crippen MR) is 115 cm³/mol. The zero-order valence-electron chi connectivity index (χ0n) is 16.4. The molecule has 5 nitrogen and oxygen atoms in total. The summed E-state index contributed by atoms with van der Waals surface area (Å²) in [4.78, 5) is 25.5. The van der Waals surface area contributed by atoms with Crippen LogP contribution in [0.25, 0.3) is 11.0 Å². The van der Waals surface area contributed by atoms with E-state index < -0.39 is 0 Å². The molecule has 0 spiro atoms. The third-order valence-electron chi connectivity index (χ3n) is 6.24. The van der Waals surface area contributed by atoms with Crippen molar-refractivity contribution in [2.24, 2.45) is 0 Å². The van der Waals surface area contributed by atoms with Crippen LogP contribution in [0.15, 0.2) is 42.5 Å². The van der Waals surface area contributed by atoms with Crippen LogP contribution < -0.4 is 0 Å². The Hall–Kier alpha value is -2.37.